The highest BCUT2D eigenvalue weighted by atomic mass is 16.7. The minimum atomic E-state index is -0.689. The van der Waals surface area contributed by atoms with Gasteiger partial charge in [-0.3, -0.25) is 4.90 Å². The first-order chi connectivity index (χ1) is 10.2. The number of fused-ring (bicyclic) bond motifs is 3. The molecule has 0 radical (unpaired) electrons. The van der Waals surface area contributed by atoms with Crippen LogP contribution in [0.15, 0.2) is 12.1 Å². The Morgan fingerprint density at radius 1 is 1.14 bits per heavy atom. The molecule has 3 aliphatic heterocycles. The average molecular weight is 289 g/mol. The molecule has 4 aliphatic rings. The van der Waals surface area contributed by atoms with Crippen LogP contribution < -0.4 is 9.47 Å². The third-order valence-electron chi connectivity index (χ3n) is 5.73. The summed E-state index contributed by atoms with van der Waals surface area (Å²) in [6.45, 7) is 2.23. The lowest BCUT2D eigenvalue weighted by Gasteiger charge is -2.47. The SMILES string of the molecule is OC1C[C@H]2CCN3Cc4cc5c(cc4[C@@H]([C@@H]23)[C@@H]1O)OCO5. The second kappa shape index (κ2) is 4.12. The summed E-state index contributed by atoms with van der Waals surface area (Å²) < 4.78 is 11.0. The number of benzene rings is 1. The molecule has 0 amide bonds. The summed E-state index contributed by atoms with van der Waals surface area (Å²) in [5.41, 5.74) is 2.34. The van der Waals surface area contributed by atoms with Gasteiger partial charge in [-0.1, -0.05) is 0 Å². The van der Waals surface area contributed by atoms with Crippen molar-refractivity contribution in [1.29, 1.82) is 0 Å². The third-order valence-corrected chi connectivity index (χ3v) is 5.73. The van der Waals surface area contributed by atoms with Crippen molar-refractivity contribution in [2.75, 3.05) is 13.3 Å². The molecular weight excluding hydrogens is 270 g/mol. The molecule has 0 aromatic heterocycles. The molecule has 0 bridgehead atoms. The molecule has 1 saturated carbocycles. The van der Waals surface area contributed by atoms with Gasteiger partial charge in [-0.05, 0) is 48.6 Å². The van der Waals surface area contributed by atoms with Crippen LogP contribution >= 0.6 is 0 Å². The van der Waals surface area contributed by atoms with Crippen molar-refractivity contribution in [2.45, 2.75) is 43.6 Å². The first kappa shape index (κ1) is 12.3. The summed E-state index contributed by atoms with van der Waals surface area (Å²) in [4.78, 5) is 2.47. The van der Waals surface area contributed by atoms with E-state index >= 15 is 0 Å². The first-order valence-electron chi connectivity index (χ1n) is 7.75. The Hall–Kier alpha value is -1.30. The Balaban J connectivity index is 1.66. The van der Waals surface area contributed by atoms with Gasteiger partial charge in [-0.15, -0.1) is 0 Å². The molecule has 112 valence electrons. The van der Waals surface area contributed by atoms with Gasteiger partial charge in [0.2, 0.25) is 6.79 Å². The van der Waals surface area contributed by atoms with Crippen LogP contribution in [0.3, 0.4) is 0 Å². The predicted octanol–water partition coefficient (Wildman–Crippen LogP) is 0.829. The Kier molecular flexibility index (Phi) is 2.41. The number of nitrogens with zero attached hydrogens (tertiary/aromatic N) is 1. The van der Waals surface area contributed by atoms with Crippen LogP contribution in [-0.2, 0) is 6.54 Å². The molecule has 3 heterocycles. The molecule has 2 fully saturated rings. The topological polar surface area (TPSA) is 62.2 Å². The first-order valence-corrected chi connectivity index (χ1v) is 7.75. The van der Waals surface area contributed by atoms with Crippen molar-refractivity contribution in [1.82, 2.24) is 4.90 Å². The van der Waals surface area contributed by atoms with E-state index in [1.54, 1.807) is 0 Å². The highest BCUT2D eigenvalue weighted by Crippen LogP contribution is 2.51. The van der Waals surface area contributed by atoms with E-state index < -0.39 is 12.2 Å². The van der Waals surface area contributed by atoms with Crippen LogP contribution in [0.25, 0.3) is 0 Å². The molecule has 21 heavy (non-hydrogen) atoms. The summed E-state index contributed by atoms with van der Waals surface area (Å²) >= 11 is 0. The van der Waals surface area contributed by atoms with Gasteiger partial charge >= 0.3 is 0 Å². The zero-order chi connectivity index (χ0) is 14.1. The standard InChI is InChI=1S/C16H19NO4/c18-11-3-8-1-2-17-6-9-4-12-13(21-7-20-12)5-10(9)14(15(8)17)16(11)19/h4-5,8,11,14-16,18-19H,1-3,6-7H2/t8-,11?,14+,15-,16-/m1/s1. The Morgan fingerprint density at radius 3 is 2.81 bits per heavy atom. The smallest absolute Gasteiger partial charge is 0.231 e. The van der Waals surface area contributed by atoms with Gasteiger partial charge < -0.3 is 19.7 Å². The molecule has 5 atom stereocenters. The minimum absolute atomic E-state index is 0.0144. The van der Waals surface area contributed by atoms with Crippen LogP contribution in [-0.4, -0.2) is 46.7 Å². The van der Waals surface area contributed by atoms with Crippen molar-refractivity contribution < 1.29 is 19.7 Å². The molecule has 1 aromatic rings. The van der Waals surface area contributed by atoms with E-state index in [4.69, 9.17) is 9.47 Å². The quantitative estimate of drug-likeness (QED) is 0.741. The number of ether oxygens (including phenoxy) is 2. The number of hydrogen-bond acceptors (Lipinski definition) is 5. The number of rotatable bonds is 0. The fourth-order valence-corrected chi connectivity index (χ4v) is 4.84. The Labute approximate surface area is 123 Å². The monoisotopic (exact) mass is 289 g/mol. The molecule has 5 rings (SSSR count). The van der Waals surface area contributed by atoms with Gasteiger partial charge in [-0.2, -0.15) is 0 Å². The van der Waals surface area contributed by atoms with Gasteiger partial charge in [0.15, 0.2) is 11.5 Å². The fraction of sp³-hybridized carbons (Fsp3) is 0.625. The molecule has 2 N–H and O–H groups in total. The van der Waals surface area contributed by atoms with E-state index in [2.05, 4.69) is 11.0 Å². The summed E-state index contributed by atoms with van der Waals surface area (Å²) in [6, 6.07) is 4.43. The van der Waals surface area contributed by atoms with E-state index in [9.17, 15) is 10.2 Å². The lowest BCUT2D eigenvalue weighted by atomic mass is 9.68. The predicted molar refractivity (Wildman–Crippen MR) is 74.2 cm³/mol. The van der Waals surface area contributed by atoms with Gasteiger partial charge in [0.1, 0.15) is 0 Å². The maximum Gasteiger partial charge on any atom is 0.231 e. The number of aliphatic hydroxyl groups is 2. The largest absolute Gasteiger partial charge is 0.454 e. The molecule has 1 unspecified atom stereocenters. The number of aliphatic hydroxyl groups excluding tert-OH is 2. The summed E-state index contributed by atoms with van der Waals surface area (Å²) in [5, 5.41) is 20.8. The molecule has 1 saturated heterocycles. The van der Waals surface area contributed by atoms with Crippen molar-refractivity contribution in [3.8, 4) is 11.5 Å². The van der Waals surface area contributed by atoms with Crippen molar-refractivity contribution >= 4 is 0 Å². The second-order valence-electron chi connectivity index (χ2n) is 6.73. The molecule has 5 nitrogen and oxygen atoms in total. The molecule has 0 spiro atoms. The molecule has 1 aliphatic carbocycles. The summed E-state index contributed by atoms with van der Waals surface area (Å²) in [5.74, 6) is 2.05. The van der Waals surface area contributed by atoms with Gasteiger partial charge in [0, 0.05) is 18.5 Å². The zero-order valence-corrected chi connectivity index (χ0v) is 11.7. The summed E-state index contributed by atoms with van der Waals surface area (Å²) in [7, 11) is 0. The van der Waals surface area contributed by atoms with E-state index in [1.165, 1.54) is 5.56 Å². The maximum absolute atomic E-state index is 10.6. The minimum Gasteiger partial charge on any atom is -0.454 e. The van der Waals surface area contributed by atoms with Crippen LogP contribution in [0, 0.1) is 5.92 Å². The average Bonchev–Trinajstić information content (AvgIpc) is 3.08. The van der Waals surface area contributed by atoms with Gasteiger partial charge in [-0.25, -0.2) is 0 Å². The van der Waals surface area contributed by atoms with Crippen LogP contribution in [0.2, 0.25) is 0 Å². The van der Waals surface area contributed by atoms with Crippen molar-refractivity contribution in [3.63, 3.8) is 0 Å². The van der Waals surface area contributed by atoms with Gasteiger partial charge in [0.25, 0.3) is 0 Å². The van der Waals surface area contributed by atoms with E-state index in [0.29, 0.717) is 12.0 Å². The Bertz CT molecular complexity index is 604. The van der Waals surface area contributed by atoms with Crippen molar-refractivity contribution in [2.24, 2.45) is 5.92 Å². The van der Waals surface area contributed by atoms with Crippen LogP contribution in [0.1, 0.15) is 29.9 Å². The van der Waals surface area contributed by atoms with Crippen molar-refractivity contribution in [3.05, 3.63) is 23.3 Å². The normalized spacial score (nSPS) is 40.0. The molecular formula is C16H19NO4. The molecule has 1 aromatic carbocycles. The zero-order valence-electron chi connectivity index (χ0n) is 11.7. The van der Waals surface area contributed by atoms with Crippen LogP contribution in [0.5, 0.6) is 11.5 Å². The Morgan fingerprint density at radius 2 is 1.95 bits per heavy atom. The van der Waals surface area contributed by atoms with Crippen LogP contribution in [0.4, 0.5) is 0 Å². The van der Waals surface area contributed by atoms with E-state index in [1.807, 2.05) is 6.07 Å². The lowest BCUT2D eigenvalue weighted by molar-refractivity contribution is -0.0657. The molecule has 5 heteroatoms. The fourth-order valence-electron chi connectivity index (χ4n) is 4.84. The maximum atomic E-state index is 10.6. The highest BCUT2D eigenvalue weighted by molar-refractivity contribution is 5.52. The lowest BCUT2D eigenvalue weighted by Crippen LogP contribution is -2.53. The summed E-state index contributed by atoms with van der Waals surface area (Å²) in [6.07, 6.45) is 0.531. The third kappa shape index (κ3) is 1.57. The second-order valence-corrected chi connectivity index (χ2v) is 6.73. The van der Waals surface area contributed by atoms with E-state index in [0.717, 1.165) is 43.0 Å². The van der Waals surface area contributed by atoms with E-state index in [-0.39, 0.29) is 12.7 Å². The number of hydrogen-bond donors (Lipinski definition) is 2. The highest BCUT2D eigenvalue weighted by Gasteiger charge is 2.52. The van der Waals surface area contributed by atoms with Gasteiger partial charge in [0.05, 0.1) is 12.2 Å².